The molecule has 0 saturated carbocycles. The number of rotatable bonds is 7. The second-order valence-electron chi connectivity index (χ2n) is 6.73. The minimum Gasteiger partial charge on any atom is -0.455 e. The summed E-state index contributed by atoms with van der Waals surface area (Å²) < 4.78 is 46.3. The van der Waals surface area contributed by atoms with E-state index in [4.69, 9.17) is 9.57 Å². The average Bonchev–Trinajstić information content (AvgIpc) is 3.16. The Morgan fingerprint density at radius 2 is 1.84 bits per heavy atom. The number of carbonyl (C=O) groups excluding carboxylic acids is 1. The molecule has 3 aromatic rings. The zero-order valence-corrected chi connectivity index (χ0v) is 17.6. The maximum absolute atomic E-state index is 13.2. The molecule has 1 aromatic heterocycles. The van der Waals surface area contributed by atoms with E-state index in [-0.39, 0.29) is 11.4 Å². The number of carbonyl (C=O) groups is 1. The number of alkyl halides is 3. The zero-order valence-electron chi connectivity index (χ0n) is 17.6. The highest BCUT2D eigenvalue weighted by molar-refractivity contribution is 6.05. The van der Waals surface area contributed by atoms with Gasteiger partial charge in [-0.1, -0.05) is 17.3 Å². The quantitative estimate of drug-likeness (QED) is 0.398. The van der Waals surface area contributed by atoms with Crippen molar-refractivity contribution in [1.82, 2.24) is 9.78 Å². The molecule has 7 nitrogen and oxygen atoms in total. The Morgan fingerprint density at radius 3 is 2.50 bits per heavy atom. The molecular formula is C22H21F3N4O3. The van der Waals surface area contributed by atoms with Crippen LogP contribution in [0.25, 0.3) is 0 Å². The summed E-state index contributed by atoms with van der Waals surface area (Å²) in [6.07, 6.45) is -3.73. The first kappa shape index (κ1) is 22.9. The Morgan fingerprint density at radius 1 is 1.16 bits per heavy atom. The number of nitrogens with zero attached hydrogens (tertiary/aromatic N) is 3. The summed E-state index contributed by atoms with van der Waals surface area (Å²) in [5.74, 6) is -0.206. The lowest BCUT2D eigenvalue weighted by atomic mass is 10.1. The zero-order chi connectivity index (χ0) is 23.3. The van der Waals surface area contributed by atoms with Crippen molar-refractivity contribution in [3.05, 3.63) is 71.5 Å². The number of aryl methyl sites for hydroxylation is 1. The molecule has 0 aliphatic carbocycles. The van der Waals surface area contributed by atoms with Crippen LogP contribution < -0.4 is 10.1 Å². The summed E-state index contributed by atoms with van der Waals surface area (Å²) in [7, 11) is 1.31. The van der Waals surface area contributed by atoms with E-state index in [1.807, 2.05) is 13.8 Å². The van der Waals surface area contributed by atoms with E-state index in [9.17, 15) is 18.0 Å². The highest BCUT2D eigenvalue weighted by Crippen LogP contribution is 2.33. The van der Waals surface area contributed by atoms with Crippen LogP contribution in [0.4, 0.5) is 18.9 Å². The Bertz CT molecular complexity index is 1120. The Labute approximate surface area is 182 Å². The molecule has 0 atom stereocenters. The van der Waals surface area contributed by atoms with E-state index >= 15 is 0 Å². The van der Waals surface area contributed by atoms with Crippen LogP contribution in [-0.4, -0.2) is 28.0 Å². The largest absolute Gasteiger partial charge is 0.455 e. The second-order valence-corrected chi connectivity index (χ2v) is 6.73. The van der Waals surface area contributed by atoms with Crippen molar-refractivity contribution >= 4 is 17.3 Å². The molecule has 0 unspecified atom stereocenters. The van der Waals surface area contributed by atoms with Gasteiger partial charge in [-0.25, -0.2) is 0 Å². The van der Waals surface area contributed by atoms with Gasteiger partial charge in [0.05, 0.1) is 17.0 Å². The molecule has 0 bridgehead atoms. The minimum absolute atomic E-state index is 0.215. The van der Waals surface area contributed by atoms with Gasteiger partial charge in [0.25, 0.3) is 5.91 Å². The lowest BCUT2D eigenvalue weighted by Crippen LogP contribution is -2.18. The molecule has 1 N–H and O–H groups in total. The number of oxime groups is 1. The number of para-hydroxylation sites is 2. The van der Waals surface area contributed by atoms with Crippen LogP contribution in [0.2, 0.25) is 0 Å². The van der Waals surface area contributed by atoms with E-state index in [1.165, 1.54) is 13.1 Å². The third-order valence-electron chi connectivity index (χ3n) is 4.31. The Hall–Kier alpha value is -3.82. The molecule has 0 radical (unpaired) electrons. The molecule has 10 heteroatoms. The number of hydrogen-bond donors (Lipinski definition) is 1. The van der Waals surface area contributed by atoms with Gasteiger partial charge in [0.1, 0.15) is 12.4 Å². The van der Waals surface area contributed by atoms with Crippen molar-refractivity contribution in [1.29, 1.82) is 0 Å². The third-order valence-corrected chi connectivity index (χ3v) is 4.31. The van der Waals surface area contributed by atoms with Crippen molar-refractivity contribution < 1.29 is 27.5 Å². The smallest absolute Gasteiger partial charge is 0.435 e. The van der Waals surface area contributed by atoms with Crippen LogP contribution in [-0.2, 0) is 18.1 Å². The Balaban J connectivity index is 1.79. The van der Waals surface area contributed by atoms with Gasteiger partial charge >= 0.3 is 6.18 Å². The van der Waals surface area contributed by atoms with Gasteiger partial charge in [-0.3, -0.25) is 9.48 Å². The summed E-state index contributed by atoms with van der Waals surface area (Å²) in [6, 6.07) is 13.4. The van der Waals surface area contributed by atoms with Gasteiger partial charge in [0.15, 0.2) is 11.4 Å². The van der Waals surface area contributed by atoms with Crippen molar-refractivity contribution in [2.75, 3.05) is 11.9 Å². The van der Waals surface area contributed by atoms with Crippen LogP contribution >= 0.6 is 0 Å². The van der Waals surface area contributed by atoms with Gasteiger partial charge in [-0.2, -0.15) is 18.3 Å². The average molecular weight is 446 g/mol. The molecule has 0 spiro atoms. The fraction of sp³-hybridized carbons (Fsp3) is 0.227. The van der Waals surface area contributed by atoms with E-state index in [0.717, 1.165) is 16.4 Å². The molecule has 3 rings (SSSR count). The maximum Gasteiger partial charge on any atom is 0.435 e. The van der Waals surface area contributed by atoms with Gasteiger partial charge in [-0.05, 0) is 55.8 Å². The standard InChI is InChI=1S/C22H21F3N4O3/c1-4-31-28-14(2)15-9-11-16(12-10-15)32-19-8-6-5-7-18(19)26-21(30)17-13-29(3)27-20(17)22(23,24)25/h5-13H,4H2,1-3H3,(H,26,30)/b28-14+. The molecule has 0 aliphatic heterocycles. The molecule has 32 heavy (non-hydrogen) atoms. The number of anilines is 1. The Kier molecular flexibility index (Phi) is 6.82. The predicted molar refractivity (Wildman–Crippen MR) is 113 cm³/mol. The van der Waals surface area contributed by atoms with Gasteiger partial charge < -0.3 is 14.9 Å². The molecule has 1 heterocycles. The lowest BCUT2D eigenvalue weighted by Gasteiger charge is -2.13. The number of aromatic nitrogens is 2. The number of nitrogens with one attached hydrogen (secondary N) is 1. The van der Waals surface area contributed by atoms with Crippen LogP contribution in [0.3, 0.4) is 0 Å². The summed E-state index contributed by atoms with van der Waals surface area (Å²) >= 11 is 0. The summed E-state index contributed by atoms with van der Waals surface area (Å²) in [5, 5.41) is 9.80. The van der Waals surface area contributed by atoms with Crippen molar-refractivity contribution in [2.24, 2.45) is 12.2 Å². The molecule has 1 amide bonds. The SMILES string of the molecule is CCO/N=C(\C)c1ccc(Oc2ccccc2NC(=O)c2cn(C)nc2C(F)(F)F)cc1. The summed E-state index contributed by atoms with van der Waals surface area (Å²) in [6.45, 7) is 4.11. The van der Waals surface area contributed by atoms with E-state index in [2.05, 4.69) is 15.6 Å². The molecule has 0 saturated heterocycles. The number of benzene rings is 2. The van der Waals surface area contributed by atoms with Gasteiger partial charge in [0, 0.05) is 13.2 Å². The van der Waals surface area contributed by atoms with E-state index in [0.29, 0.717) is 18.1 Å². The monoisotopic (exact) mass is 446 g/mol. The number of halogens is 3. The van der Waals surface area contributed by atoms with Crippen molar-refractivity contribution in [3.63, 3.8) is 0 Å². The first-order chi connectivity index (χ1) is 15.2. The van der Waals surface area contributed by atoms with Crippen LogP contribution in [0, 0.1) is 0 Å². The predicted octanol–water partition coefficient (Wildman–Crippen LogP) is 5.24. The summed E-state index contributed by atoms with van der Waals surface area (Å²) in [4.78, 5) is 17.6. The highest BCUT2D eigenvalue weighted by Gasteiger charge is 2.39. The second kappa shape index (κ2) is 9.54. The minimum atomic E-state index is -4.75. The molecular weight excluding hydrogens is 425 g/mol. The molecule has 168 valence electrons. The van der Waals surface area contributed by atoms with Gasteiger partial charge in [0.2, 0.25) is 0 Å². The summed E-state index contributed by atoms with van der Waals surface area (Å²) in [5.41, 5.74) is -0.0851. The van der Waals surface area contributed by atoms with Crippen LogP contribution in [0.15, 0.2) is 59.9 Å². The van der Waals surface area contributed by atoms with Crippen molar-refractivity contribution in [3.8, 4) is 11.5 Å². The van der Waals surface area contributed by atoms with E-state index in [1.54, 1.807) is 42.5 Å². The van der Waals surface area contributed by atoms with Crippen LogP contribution in [0.1, 0.15) is 35.5 Å². The number of ether oxygens (including phenoxy) is 1. The highest BCUT2D eigenvalue weighted by atomic mass is 19.4. The third kappa shape index (κ3) is 5.45. The number of amides is 1. The van der Waals surface area contributed by atoms with Crippen molar-refractivity contribution in [2.45, 2.75) is 20.0 Å². The first-order valence-electron chi connectivity index (χ1n) is 9.65. The topological polar surface area (TPSA) is 77.7 Å². The lowest BCUT2D eigenvalue weighted by molar-refractivity contribution is -0.141. The fourth-order valence-electron chi connectivity index (χ4n) is 2.82. The maximum atomic E-state index is 13.2. The normalized spacial score (nSPS) is 11.9. The van der Waals surface area contributed by atoms with E-state index < -0.39 is 23.3 Å². The molecule has 2 aromatic carbocycles. The van der Waals surface area contributed by atoms with Gasteiger partial charge in [-0.15, -0.1) is 0 Å². The van der Waals surface area contributed by atoms with Crippen LogP contribution in [0.5, 0.6) is 11.5 Å². The number of hydrogen-bond acceptors (Lipinski definition) is 5. The molecule has 0 aliphatic rings. The fourth-order valence-corrected chi connectivity index (χ4v) is 2.82. The molecule has 0 fully saturated rings. The first-order valence-corrected chi connectivity index (χ1v) is 9.65.